The third-order valence-electron chi connectivity index (χ3n) is 6.20. The predicted octanol–water partition coefficient (Wildman–Crippen LogP) is 5.55. The molecule has 0 radical (unpaired) electrons. The van der Waals surface area contributed by atoms with Crippen molar-refractivity contribution < 1.29 is 30.7 Å². The average Bonchev–Trinajstić information content (AvgIpc) is 3.26. The number of rotatable bonds is 6. The van der Waals surface area contributed by atoms with Gasteiger partial charge in [-0.2, -0.15) is 36.0 Å². The van der Waals surface area contributed by atoms with E-state index in [-0.39, 0.29) is 18.3 Å². The Morgan fingerprint density at radius 1 is 0.919 bits per heavy atom. The molecule has 1 saturated heterocycles. The van der Waals surface area contributed by atoms with Gasteiger partial charge in [0.15, 0.2) is 17.0 Å². The monoisotopic (exact) mass is 524 g/mol. The van der Waals surface area contributed by atoms with Gasteiger partial charge in [0.1, 0.15) is 11.6 Å². The molecular formula is C24H19F7N6. The molecule has 1 aromatic carbocycles. The molecule has 3 aromatic heterocycles. The fourth-order valence-electron chi connectivity index (χ4n) is 4.30. The van der Waals surface area contributed by atoms with Gasteiger partial charge in [-0.05, 0) is 29.8 Å². The molecule has 0 bridgehead atoms. The van der Waals surface area contributed by atoms with E-state index < -0.39 is 41.2 Å². The Morgan fingerprint density at radius 3 is 2.24 bits per heavy atom. The molecule has 0 amide bonds. The van der Waals surface area contributed by atoms with Crippen LogP contribution in [-0.4, -0.2) is 44.1 Å². The Balaban J connectivity index is 1.45. The summed E-state index contributed by atoms with van der Waals surface area (Å²) in [7, 11) is 0. The molecule has 0 spiro atoms. The molecule has 1 aliphatic rings. The van der Waals surface area contributed by atoms with Crippen LogP contribution >= 0.6 is 0 Å². The van der Waals surface area contributed by atoms with Crippen LogP contribution < -0.4 is 5.32 Å². The molecule has 1 N–H and O–H groups in total. The number of hydrogen-bond acceptors (Lipinski definition) is 5. The Labute approximate surface area is 205 Å². The zero-order valence-corrected chi connectivity index (χ0v) is 18.9. The lowest BCUT2D eigenvalue weighted by molar-refractivity contribution is -0.142. The quantitative estimate of drug-likeness (QED) is 0.335. The number of nitrogens with zero attached hydrogens (tertiary/aromatic N) is 5. The molecule has 37 heavy (non-hydrogen) atoms. The van der Waals surface area contributed by atoms with Crippen molar-refractivity contribution in [3.05, 3.63) is 89.3 Å². The summed E-state index contributed by atoms with van der Waals surface area (Å²) in [6.07, 6.45) is -8.06. The number of nitrogens with one attached hydrogen (secondary N) is 1. The van der Waals surface area contributed by atoms with E-state index in [1.807, 2.05) is 17.0 Å². The summed E-state index contributed by atoms with van der Waals surface area (Å²) in [4.78, 5) is 9.71. The fourth-order valence-corrected chi connectivity index (χ4v) is 4.30. The zero-order chi connectivity index (χ0) is 26.4. The highest BCUT2D eigenvalue weighted by Crippen LogP contribution is 2.36. The number of hydrogen-bond donors (Lipinski definition) is 1. The standard InChI is InChI=1S/C24H19F7N6/c25-16-6-4-14(5-7-16)18(36-12-15(13-36)17-3-1-2-8-32-17)11-33-21-9-19(23(26,27)28)34-22-10-20(24(29,30)31)35-37(21)22/h1-10,15,18,33H,11-13H2/t18-/m1/s1. The molecule has 0 saturated carbocycles. The average molecular weight is 524 g/mol. The Kier molecular flexibility index (Phi) is 6.26. The van der Waals surface area contributed by atoms with Gasteiger partial charge in [0.05, 0.1) is 6.04 Å². The Hall–Kier alpha value is -3.74. The van der Waals surface area contributed by atoms with E-state index >= 15 is 0 Å². The molecule has 13 heteroatoms. The molecule has 4 heterocycles. The van der Waals surface area contributed by atoms with Gasteiger partial charge >= 0.3 is 12.4 Å². The maximum atomic E-state index is 13.6. The number of aromatic nitrogens is 4. The molecule has 6 nitrogen and oxygen atoms in total. The summed E-state index contributed by atoms with van der Waals surface area (Å²) in [5, 5.41) is 6.25. The first-order chi connectivity index (χ1) is 17.5. The minimum absolute atomic E-state index is 0.0121. The maximum absolute atomic E-state index is 13.6. The van der Waals surface area contributed by atoms with Crippen LogP contribution in [-0.2, 0) is 12.4 Å². The van der Waals surface area contributed by atoms with Crippen LogP contribution in [0.15, 0.2) is 60.8 Å². The maximum Gasteiger partial charge on any atom is 0.435 e. The van der Waals surface area contributed by atoms with E-state index in [4.69, 9.17) is 0 Å². The first-order valence-corrected chi connectivity index (χ1v) is 11.2. The minimum Gasteiger partial charge on any atom is -0.368 e. The van der Waals surface area contributed by atoms with E-state index in [2.05, 4.69) is 20.4 Å². The summed E-state index contributed by atoms with van der Waals surface area (Å²) in [5.74, 6) is -0.622. The van der Waals surface area contributed by atoms with E-state index in [1.165, 1.54) is 12.1 Å². The van der Waals surface area contributed by atoms with Gasteiger partial charge in [-0.3, -0.25) is 9.88 Å². The smallest absolute Gasteiger partial charge is 0.368 e. The number of benzene rings is 1. The summed E-state index contributed by atoms with van der Waals surface area (Å²) < 4.78 is 94.2. The summed E-state index contributed by atoms with van der Waals surface area (Å²) >= 11 is 0. The second-order valence-corrected chi connectivity index (χ2v) is 8.68. The number of pyridine rings is 1. The van der Waals surface area contributed by atoms with Crippen molar-refractivity contribution >= 4 is 11.5 Å². The first-order valence-electron chi connectivity index (χ1n) is 11.2. The first kappa shape index (κ1) is 24.9. The zero-order valence-electron chi connectivity index (χ0n) is 18.9. The van der Waals surface area contributed by atoms with Crippen LogP contribution in [0.1, 0.15) is 34.6 Å². The predicted molar refractivity (Wildman–Crippen MR) is 119 cm³/mol. The number of likely N-dealkylation sites (tertiary alicyclic amines) is 1. The van der Waals surface area contributed by atoms with E-state index in [0.29, 0.717) is 35.3 Å². The number of fused-ring (bicyclic) bond motifs is 1. The minimum atomic E-state index is -4.88. The third-order valence-corrected chi connectivity index (χ3v) is 6.20. The molecule has 0 aliphatic carbocycles. The van der Waals surface area contributed by atoms with Crippen molar-refractivity contribution in [2.45, 2.75) is 24.3 Å². The SMILES string of the molecule is Fc1ccc([C@@H](CNc2cc(C(F)(F)F)nc3cc(C(F)(F)F)nn23)N2CC(c3ccccn3)C2)cc1. The largest absolute Gasteiger partial charge is 0.435 e. The molecule has 5 rings (SSSR count). The van der Waals surface area contributed by atoms with Crippen LogP contribution in [0.2, 0.25) is 0 Å². The van der Waals surface area contributed by atoms with Crippen molar-refractivity contribution in [2.24, 2.45) is 0 Å². The fraction of sp³-hybridized carbons (Fsp3) is 0.292. The highest BCUT2D eigenvalue weighted by Gasteiger charge is 2.38. The van der Waals surface area contributed by atoms with Crippen molar-refractivity contribution in [1.82, 2.24) is 24.5 Å². The lowest BCUT2D eigenvalue weighted by Crippen LogP contribution is -2.49. The lowest BCUT2D eigenvalue weighted by atomic mass is 9.91. The van der Waals surface area contributed by atoms with Crippen molar-refractivity contribution in [3.63, 3.8) is 0 Å². The summed E-state index contributed by atoms with van der Waals surface area (Å²) in [6, 6.07) is 11.9. The topological polar surface area (TPSA) is 58.4 Å². The molecule has 1 aliphatic heterocycles. The van der Waals surface area contributed by atoms with Gasteiger partial charge in [0.25, 0.3) is 0 Å². The second kappa shape index (κ2) is 9.29. The number of halogens is 7. The van der Waals surface area contributed by atoms with Gasteiger partial charge in [-0.15, -0.1) is 0 Å². The normalized spacial score (nSPS) is 16.1. The van der Waals surface area contributed by atoms with E-state index in [9.17, 15) is 30.7 Å². The molecular weight excluding hydrogens is 505 g/mol. The summed E-state index contributed by atoms with van der Waals surface area (Å²) in [6.45, 7) is 1.18. The Morgan fingerprint density at radius 2 is 1.62 bits per heavy atom. The lowest BCUT2D eigenvalue weighted by Gasteiger charge is -2.44. The van der Waals surface area contributed by atoms with Crippen LogP contribution in [0.25, 0.3) is 5.65 Å². The van der Waals surface area contributed by atoms with Crippen LogP contribution in [0.4, 0.5) is 36.6 Å². The molecule has 0 unspecified atom stereocenters. The van der Waals surface area contributed by atoms with Crippen LogP contribution in [0, 0.1) is 5.82 Å². The number of alkyl halides is 6. The van der Waals surface area contributed by atoms with E-state index in [1.54, 1.807) is 24.4 Å². The van der Waals surface area contributed by atoms with Crippen LogP contribution in [0.3, 0.4) is 0 Å². The van der Waals surface area contributed by atoms with Gasteiger partial charge in [0, 0.05) is 49.6 Å². The van der Waals surface area contributed by atoms with Gasteiger partial charge in [0.2, 0.25) is 0 Å². The van der Waals surface area contributed by atoms with Gasteiger partial charge in [-0.1, -0.05) is 18.2 Å². The van der Waals surface area contributed by atoms with Crippen molar-refractivity contribution in [3.8, 4) is 0 Å². The molecule has 1 atom stereocenters. The van der Waals surface area contributed by atoms with Gasteiger partial charge in [-0.25, -0.2) is 9.37 Å². The highest BCUT2D eigenvalue weighted by atomic mass is 19.4. The second-order valence-electron chi connectivity index (χ2n) is 8.68. The van der Waals surface area contributed by atoms with E-state index in [0.717, 1.165) is 5.69 Å². The van der Waals surface area contributed by atoms with Gasteiger partial charge < -0.3 is 5.32 Å². The van der Waals surface area contributed by atoms with Crippen molar-refractivity contribution in [1.29, 1.82) is 0 Å². The Bertz CT molecular complexity index is 1380. The molecule has 4 aromatic rings. The summed E-state index contributed by atoms with van der Waals surface area (Å²) in [5.41, 5.74) is -1.73. The van der Waals surface area contributed by atoms with Crippen molar-refractivity contribution in [2.75, 3.05) is 25.0 Å². The highest BCUT2D eigenvalue weighted by molar-refractivity contribution is 5.51. The molecule has 194 valence electrons. The third kappa shape index (κ3) is 5.22. The van der Waals surface area contributed by atoms with Crippen LogP contribution in [0.5, 0.6) is 0 Å². The molecule has 1 fully saturated rings. The number of anilines is 1.